The van der Waals surface area contributed by atoms with Gasteiger partial charge >= 0.3 is 0 Å². The number of hydrogen-bond donors (Lipinski definition) is 1. The lowest BCUT2D eigenvalue weighted by molar-refractivity contribution is 0.812. The Morgan fingerprint density at radius 1 is 1.31 bits per heavy atom. The Hall–Kier alpha value is -1.91. The van der Waals surface area contributed by atoms with E-state index in [0.717, 1.165) is 11.6 Å². The molecule has 0 fully saturated rings. The van der Waals surface area contributed by atoms with Crippen LogP contribution < -0.4 is 5.73 Å². The highest BCUT2D eigenvalue weighted by Crippen LogP contribution is 2.06. The average molecular weight is 175 g/mol. The zero-order valence-corrected chi connectivity index (χ0v) is 7.18. The van der Waals surface area contributed by atoms with E-state index in [1.165, 1.54) is 6.33 Å². The number of rotatable bonds is 1. The van der Waals surface area contributed by atoms with Gasteiger partial charge in [0.25, 0.3) is 0 Å². The van der Waals surface area contributed by atoms with Crippen LogP contribution in [-0.2, 0) is 0 Å². The van der Waals surface area contributed by atoms with Crippen molar-refractivity contribution < 1.29 is 0 Å². The largest absolute Gasteiger partial charge is 0.397 e. The SMILES string of the molecule is Cc1ncnn1-c1ccc(N)cn1. The van der Waals surface area contributed by atoms with Gasteiger partial charge in [-0.2, -0.15) is 9.78 Å². The van der Waals surface area contributed by atoms with E-state index in [9.17, 15) is 0 Å². The van der Waals surface area contributed by atoms with Crippen LogP contribution in [0.25, 0.3) is 5.82 Å². The van der Waals surface area contributed by atoms with Crippen LogP contribution in [0.4, 0.5) is 5.69 Å². The van der Waals surface area contributed by atoms with Gasteiger partial charge in [-0.1, -0.05) is 0 Å². The molecule has 2 heterocycles. The first-order chi connectivity index (χ1) is 6.27. The summed E-state index contributed by atoms with van der Waals surface area (Å²) < 4.78 is 1.65. The van der Waals surface area contributed by atoms with E-state index < -0.39 is 0 Å². The number of aromatic nitrogens is 4. The lowest BCUT2D eigenvalue weighted by atomic mass is 10.4. The molecule has 0 saturated heterocycles. The summed E-state index contributed by atoms with van der Waals surface area (Å²) in [7, 11) is 0. The third kappa shape index (κ3) is 1.35. The molecule has 0 atom stereocenters. The van der Waals surface area contributed by atoms with Crippen molar-refractivity contribution in [2.75, 3.05) is 5.73 Å². The van der Waals surface area contributed by atoms with Crippen LogP contribution in [-0.4, -0.2) is 19.7 Å². The van der Waals surface area contributed by atoms with Crippen molar-refractivity contribution in [1.82, 2.24) is 19.7 Å². The number of nitrogen functional groups attached to an aromatic ring is 1. The lowest BCUT2D eigenvalue weighted by Crippen LogP contribution is -2.01. The second kappa shape index (κ2) is 2.85. The number of nitrogens with two attached hydrogens (primary N) is 1. The quantitative estimate of drug-likeness (QED) is 0.687. The summed E-state index contributed by atoms with van der Waals surface area (Å²) in [6.45, 7) is 1.87. The Kier molecular flexibility index (Phi) is 1.70. The van der Waals surface area contributed by atoms with Crippen molar-refractivity contribution in [3.05, 3.63) is 30.5 Å². The van der Waals surface area contributed by atoms with Gasteiger partial charge in [-0.3, -0.25) is 0 Å². The number of hydrogen-bond acceptors (Lipinski definition) is 4. The summed E-state index contributed by atoms with van der Waals surface area (Å²) in [6, 6.07) is 3.58. The fourth-order valence-electron chi connectivity index (χ4n) is 1.05. The van der Waals surface area contributed by atoms with Crippen molar-refractivity contribution in [1.29, 1.82) is 0 Å². The third-order valence-corrected chi connectivity index (χ3v) is 1.71. The van der Waals surface area contributed by atoms with Crippen LogP contribution in [0.2, 0.25) is 0 Å². The topological polar surface area (TPSA) is 69.6 Å². The highest BCUT2D eigenvalue weighted by atomic mass is 15.4. The first-order valence-electron chi connectivity index (χ1n) is 3.86. The number of pyridine rings is 1. The summed E-state index contributed by atoms with van der Waals surface area (Å²) in [5, 5.41) is 4.02. The molecular weight excluding hydrogens is 166 g/mol. The van der Waals surface area contributed by atoms with Crippen molar-refractivity contribution in [2.45, 2.75) is 6.92 Å². The van der Waals surface area contributed by atoms with Crippen molar-refractivity contribution in [2.24, 2.45) is 0 Å². The van der Waals surface area contributed by atoms with Crippen LogP contribution in [0.3, 0.4) is 0 Å². The van der Waals surface area contributed by atoms with Gasteiger partial charge in [0.05, 0.1) is 11.9 Å². The Morgan fingerprint density at radius 2 is 2.15 bits per heavy atom. The Bertz CT molecular complexity index is 403. The molecule has 5 heteroatoms. The van der Waals surface area contributed by atoms with Crippen molar-refractivity contribution in [3.63, 3.8) is 0 Å². The molecule has 2 aromatic rings. The molecule has 0 bridgehead atoms. The molecule has 13 heavy (non-hydrogen) atoms. The second-order valence-corrected chi connectivity index (χ2v) is 2.67. The van der Waals surface area contributed by atoms with Crippen LogP contribution in [0, 0.1) is 6.92 Å². The monoisotopic (exact) mass is 175 g/mol. The van der Waals surface area contributed by atoms with Gasteiger partial charge < -0.3 is 5.73 Å². The minimum absolute atomic E-state index is 0.640. The standard InChI is InChI=1S/C8H9N5/c1-6-11-5-12-13(6)8-3-2-7(9)4-10-8/h2-5H,9H2,1H3. The summed E-state index contributed by atoms with van der Waals surface area (Å²) in [5.41, 5.74) is 6.15. The zero-order chi connectivity index (χ0) is 9.26. The molecule has 2 N–H and O–H groups in total. The van der Waals surface area contributed by atoms with Gasteiger partial charge in [0.2, 0.25) is 0 Å². The summed E-state index contributed by atoms with van der Waals surface area (Å²) in [6.07, 6.45) is 3.09. The molecule has 5 nitrogen and oxygen atoms in total. The summed E-state index contributed by atoms with van der Waals surface area (Å²) in [5.74, 6) is 1.53. The highest BCUT2D eigenvalue weighted by Gasteiger charge is 2.01. The molecule has 0 unspecified atom stereocenters. The van der Waals surface area contributed by atoms with E-state index in [1.807, 2.05) is 6.92 Å². The molecule has 0 aliphatic heterocycles. The molecule has 0 spiro atoms. The van der Waals surface area contributed by atoms with Gasteiger partial charge in [-0.25, -0.2) is 9.97 Å². The van der Waals surface area contributed by atoms with Gasteiger partial charge in [-0.15, -0.1) is 0 Å². The molecule has 0 amide bonds. The van der Waals surface area contributed by atoms with Crippen molar-refractivity contribution in [3.8, 4) is 5.82 Å². The average Bonchev–Trinajstić information content (AvgIpc) is 2.53. The van der Waals surface area contributed by atoms with Crippen LogP contribution in [0.5, 0.6) is 0 Å². The maximum atomic E-state index is 5.51. The van der Waals surface area contributed by atoms with Gasteiger partial charge in [0.15, 0.2) is 5.82 Å². The van der Waals surface area contributed by atoms with Gasteiger partial charge in [-0.05, 0) is 19.1 Å². The normalized spacial score (nSPS) is 10.2. The fourth-order valence-corrected chi connectivity index (χ4v) is 1.05. The molecular formula is C8H9N5. The molecule has 66 valence electrons. The van der Waals surface area contributed by atoms with Crippen LogP contribution in [0.15, 0.2) is 24.7 Å². The first-order valence-corrected chi connectivity index (χ1v) is 3.86. The fraction of sp³-hybridized carbons (Fsp3) is 0.125. The lowest BCUT2D eigenvalue weighted by Gasteiger charge is -2.00. The Labute approximate surface area is 75.2 Å². The van der Waals surface area contributed by atoms with Crippen molar-refractivity contribution >= 4 is 5.69 Å². The number of nitrogens with zero attached hydrogens (tertiary/aromatic N) is 4. The number of aryl methyl sites for hydroxylation is 1. The van der Waals surface area contributed by atoms with Crippen LogP contribution >= 0.6 is 0 Å². The van der Waals surface area contributed by atoms with Crippen LogP contribution in [0.1, 0.15) is 5.82 Å². The predicted octanol–water partition coefficient (Wildman–Crippen LogP) is 0.553. The maximum absolute atomic E-state index is 5.51. The van der Waals surface area contributed by atoms with E-state index in [0.29, 0.717) is 5.69 Å². The first kappa shape index (κ1) is 7.72. The number of anilines is 1. The second-order valence-electron chi connectivity index (χ2n) is 2.67. The minimum atomic E-state index is 0.640. The smallest absolute Gasteiger partial charge is 0.155 e. The van der Waals surface area contributed by atoms with E-state index in [2.05, 4.69) is 15.1 Å². The van der Waals surface area contributed by atoms with Gasteiger partial charge in [0.1, 0.15) is 12.2 Å². The summed E-state index contributed by atoms with van der Waals surface area (Å²) in [4.78, 5) is 8.11. The minimum Gasteiger partial charge on any atom is -0.397 e. The van der Waals surface area contributed by atoms with E-state index >= 15 is 0 Å². The molecule has 0 aromatic carbocycles. The van der Waals surface area contributed by atoms with E-state index in [-0.39, 0.29) is 0 Å². The Morgan fingerprint density at radius 3 is 2.69 bits per heavy atom. The molecule has 0 radical (unpaired) electrons. The Balaban J connectivity index is 2.47. The molecule has 0 aliphatic rings. The zero-order valence-electron chi connectivity index (χ0n) is 7.18. The summed E-state index contributed by atoms with van der Waals surface area (Å²) >= 11 is 0. The maximum Gasteiger partial charge on any atom is 0.155 e. The van der Waals surface area contributed by atoms with E-state index in [4.69, 9.17) is 5.73 Å². The van der Waals surface area contributed by atoms with E-state index in [1.54, 1.807) is 23.0 Å². The molecule has 2 rings (SSSR count). The predicted molar refractivity (Wildman–Crippen MR) is 48.3 cm³/mol. The molecule has 0 aliphatic carbocycles. The highest BCUT2D eigenvalue weighted by molar-refractivity contribution is 5.38. The molecule has 0 saturated carbocycles. The third-order valence-electron chi connectivity index (χ3n) is 1.71. The molecule has 2 aromatic heterocycles. The van der Waals surface area contributed by atoms with Gasteiger partial charge in [0, 0.05) is 0 Å².